The van der Waals surface area contributed by atoms with E-state index in [4.69, 9.17) is 11.6 Å². The third-order valence-corrected chi connectivity index (χ3v) is 3.64. The van der Waals surface area contributed by atoms with E-state index in [-0.39, 0.29) is 5.75 Å². The van der Waals surface area contributed by atoms with Gasteiger partial charge in [-0.3, -0.25) is 0 Å². The first-order valence-corrected chi connectivity index (χ1v) is 7.48. The molecule has 0 fully saturated rings. The third kappa shape index (κ3) is 4.22. The summed E-state index contributed by atoms with van der Waals surface area (Å²) < 4.78 is 0.450. The summed E-state index contributed by atoms with van der Waals surface area (Å²) >= 11 is 9.06. The summed E-state index contributed by atoms with van der Waals surface area (Å²) in [6.45, 7) is 1.89. The average Bonchev–Trinajstić information content (AvgIpc) is 2.46. The second kappa shape index (κ2) is 7.29. The van der Waals surface area contributed by atoms with E-state index < -0.39 is 6.03 Å². The Kier molecular flexibility index (Phi) is 5.41. The SMILES string of the molecule is Cc1ccccc1NC(=O)NN=Cc1cc(Cl)cc(Br)c1O. The summed E-state index contributed by atoms with van der Waals surface area (Å²) in [5.41, 5.74) is 4.35. The molecular weight excluding hydrogens is 370 g/mol. The van der Waals surface area contributed by atoms with E-state index in [1.165, 1.54) is 12.3 Å². The molecule has 2 aromatic rings. The van der Waals surface area contributed by atoms with Crippen LogP contribution in [0.5, 0.6) is 5.75 Å². The van der Waals surface area contributed by atoms with Crippen LogP contribution < -0.4 is 10.7 Å². The lowest BCUT2D eigenvalue weighted by molar-refractivity contribution is 0.252. The quantitative estimate of drug-likeness (QED) is 0.548. The highest BCUT2D eigenvalue weighted by Gasteiger charge is 2.06. The van der Waals surface area contributed by atoms with Crippen molar-refractivity contribution in [2.24, 2.45) is 5.10 Å². The number of rotatable bonds is 3. The molecular formula is C15H13BrClN3O2. The second-order valence-corrected chi connectivity index (χ2v) is 5.76. The van der Waals surface area contributed by atoms with Gasteiger partial charge >= 0.3 is 6.03 Å². The second-order valence-electron chi connectivity index (χ2n) is 4.46. The minimum atomic E-state index is -0.480. The van der Waals surface area contributed by atoms with Gasteiger partial charge in [0.25, 0.3) is 0 Å². The van der Waals surface area contributed by atoms with Gasteiger partial charge in [-0.05, 0) is 46.6 Å². The third-order valence-electron chi connectivity index (χ3n) is 2.82. The maximum Gasteiger partial charge on any atom is 0.339 e. The van der Waals surface area contributed by atoms with Crippen LogP contribution in [0.1, 0.15) is 11.1 Å². The van der Waals surface area contributed by atoms with Gasteiger partial charge in [0.15, 0.2) is 0 Å². The number of benzene rings is 2. The number of aryl methyl sites for hydroxylation is 1. The van der Waals surface area contributed by atoms with Gasteiger partial charge in [0, 0.05) is 16.3 Å². The predicted octanol–water partition coefficient (Wildman–Crippen LogP) is 4.27. The normalized spacial score (nSPS) is 10.7. The highest BCUT2D eigenvalue weighted by molar-refractivity contribution is 9.10. The smallest absolute Gasteiger partial charge is 0.339 e. The Bertz CT molecular complexity index is 735. The Balaban J connectivity index is 2.01. The first-order valence-electron chi connectivity index (χ1n) is 6.31. The van der Waals surface area contributed by atoms with Gasteiger partial charge in [-0.2, -0.15) is 5.10 Å². The molecule has 22 heavy (non-hydrogen) atoms. The van der Waals surface area contributed by atoms with Crippen LogP contribution in [-0.4, -0.2) is 17.4 Å². The van der Waals surface area contributed by atoms with E-state index in [0.29, 0.717) is 20.7 Å². The monoisotopic (exact) mass is 381 g/mol. The Hall–Kier alpha value is -2.05. The lowest BCUT2D eigenvalue weighted by Gasteiger charge is -2.07. The largest absolute Gasteiger partial charge is 0.506 e. The average molecular weight is 383 g/mol. The number of aromatic hydroxyl groups is 1. The van der Waals surface area contributed by atoms with Crippen molar-refractivity contribution in [1.82, 2.24) is 5.43 Å². The molecule has 7 heteroatoms. The summed E-state index contributed by atoms with van der Waals surface area (Å²) in [5, 5.41) is 16.7. The van der Waals surface area contributed by atoms with Crippen molar-refractivity contribution in [3.63, 3.8) is 0 Å². The standard InChI is InChI=1S/C15H13BrClN3O2/c1-9-4-2-3-5-13(9)19-15(22)20-18-8-10-6-11(17)7-12(16)14(10)21/h2-8,21H,1H3,(H2,19,20,22). The van der Waals surface area contributed by atoms with Gasteiger partial charge < -0.3 is 10.4 Å². The number of carbonyl (C=O) groups is 1. The molecule has 0 aromatic heterocycles. The van der Waals surface area contributed by atoms with Crippen molar-refractivity contribution in [3.8, 4) is 5.75 Å². The number of amides is 2. The van der Waals surface area contributed by atoms with Gasteiger partial charge in [-0.15, -0.1) is 0 Å². The molecule has 2 rings (SSSR count). The van der Waals surface area contributed by atoms with Crippen LogP contribution in [0.4, 0.5) is 10.5 Å². The molecule has 0 bridgehead atoms. The molecule has 0 aliphatic carbocycles. The lowest BCUT2D eigenvalue weighted by atomic mass is 10.2. The summed E-state index contributed by atoms with van der Waals surface area (Å²) in [4.78, 5) is 11.7. The molecule has 0 aliphatic heterocycles. The molecule has 0 atom stereocenters. The predicted molar refractivity (Wildman–Crippen MR) is 91.7 cm³/mol. The van der Waals surface area contributed by atoms with E-state index in [2.05, 4.69) is 31.8 Å². The molecule has 114 valence electrons. The number of para-hydroxylation sites is 1. The molecule has 0 saturated heterocycles. The van der Waals surface area contributed by atoms with Crippen molar-refractivity contribution in [2.75, 3.05) is 5.32 Å². The van der Waals surface area contributed by atoms with Crippen molar-refractivity contribution < 1.29 is 9.90 Å². The number of halogens is 2. The number of nitrogens with one attached hydrogen (secondary N) is 2. The minimum absolute atomic E-state index is 0.00531. The van der Waals surface area contributed by atoms with Crippen molar-refractivity contribution in [2.45, 2.75) is 6.92 Å². The first kappa shape index (κ1) is 16.3. The topological polar surface area (TPSA) is 73.7 Å². The fourth-order valence-corrected chi connectivity index (χ4v) is 2.54. The molecule has 2 amide bonds. The van der Waals surface area contributed by atoms with E-state index in [9.17, 15) is 9.90 Å². The van der Waals surface area contributed by atoms with Crippen molar-refractivity contribution >= 4 is 45.5 Å². The van der Waals surface area contributed by atoms with Crippen LogP contribution in [0.3, 0.4) is 0 Å². The zero-order valence-electron chi connectivity index (χ0n) is 11.6. The summed E-state index contributed by atoms with van der Waals surface area (Å²) in [5.74, 6) is -0.00531. The Morgan fingerprint density at radius 3 is 2.82 bits per heavy atom. The molecule has 5 nitrogen and oxygen atoms in total. The highest BCUT2D eigenvalue weighted by Crippen LogP contribution is 2.30. The zero-order valence-corrected chi connectivity index (χ0v) is 13.9. The summed E-state index contributed by atoms with van der Waals surface area (Å²) in [6.07, 6.45) is 1.31. The minimum Gasteiger partial charge on any atom is -0.506 e. The maximum absolute atomic E-state index is 11.7. The number of phenolic OH excluding ortho intramolecular Hbond substituents is 1. The van der Waals surface area contributed by atoms with Crippen LogP contribution >= 0.6 is 27.5 Å². The Labute approximate surface area is 141 Å². The molecule has 0 heterocycles. The number of hydrogen-bond donors (Lipinski definition) is 3. The van der Waals surface area contributed by atoms with E-state index in [1.54, 1.807) is 12.1 Å². The number of hydrogen-bond acceptors (Lipinski definition) is 3. The van der Waals surface area contributed by atoms with Gasteiger partial charge in [0.05, 0.1) is 10.7 Å². The lowest BCUT2D eigenvalue weighted by Crippen LogP contribution is -2.24. The molecule has 0 spiro atoms. The van der Waals surface area contributed by atoms with Crippen LogP contribution in [-0.2, 0) is 0 Å². The molecule has 0 unspecified atom stereocenters. The van der Waals surface area contributed by atoms with Crippen LogP contribution in [0.25, 0.3) is 0 Å². The number of nitrogens with zero attached hydrogens (tertiary/aromatic N) is 1. The van der Waals surface area contributed by atoms with Gasteiger partial charge in [0.1, 0.15) is 5.75 Å². The fourth-order valence-electron chi connectivity index (χ4n) is 1.71. The van der Waals surface area contributed by atoms with Gasteiger partial charge in [0.2, 0.25) is 0 Å². The number of hydrazone groups is 1. The van der Waals surface area contributed by atoms with E-state index in [1.807, 2.05) is 25.1 Å². The number of urea groups is 1. The Morgan fingerprint density at radius 1 is 1.36 bits per heavy atom. The zero-order chi connectivity index (χ0) is 16.1. The summed E-state index contributed by atoms with van der Waals surface area (Å²) in [7, 11) is 0. The molecule has 2 aromatic carbocycles. The maximum atomic E-state index is 11.7. The fraction of sp³-hybridized carbons (Fsp3) is 0.0667. The van der Waals surface area contributed by atoms with Crippen LogP contribution in [0.2, 0.25) is 5.02 Å². The van der Waals surface area contributed by atoms with Gasteiger partial charge in [-0.1, -0.05) is 29.8 Å². The summed E-state index contributed by atoms with van der Waals surface area (Å²) in [6, 6.07) is 10.0. The van der Waals surface area contributed by atoms with Gasteiger partial charge in [-0.25, -0.2) is 10.2 Å². The van der Waals surface area contributed by atoms with Crippen molar-refractivity contribution in [1.29, 1.82) is 0 Å². The van der Waals surface area contributed by atoms with E-state index >= 15 is 0 Å². The highest BCUT2D eigenvalue weighted by atomic mass is 79.9. The first-order chi connectivity index (χ1) is 10.5. The van der Waals surface area contributed by atoms with Crippen LogP contribution in [0.15, 0.2) is 46.0 Å². The van der Waals surface area contributed by atoms with E-state index in [0.717, 1.165) is 5.56 Å². The molecule has 3 N–H and O–H groups in total. The number of phenols is 1. The molecule has 0 aliphatic rings. The number of carbonyl (C=O) groups excluding carboxylic acids is 1. The molecule has 0 radical (unpaired) electrons. The van der Waals surface area contributed by atoms with Crippen LogP contribution in [0, 0.1) is 6.92 Å². The Morgan fingerprint density at radius 2 is 2.09 bits per heavy atom. The number of anilines is 1. The molecule has 0 saturated carbocycles. The van der Waals surface area contributed by atoms with Crippen molar-refractivity contribution in [3.05, 3.63) is 57.0 Å².